The molecule has 1 amide bonds. The number of anilines is 2. The fraction of sp³-hybridized carbons (Fsp3) is 0.160. The molecule has 0 saturated heterocycles. The van der Waals surface area contributed by atoms with E-state index in [0.717, 1.165) is 21.9 Å². The van der Waals surface area contributed by atoms with Crippen LogP contribution in [0.15, 0.2) is 82.8 Å². The van der Waals surface area contributed by atoms with Crippen molar-refractivity contribution in [3.05, 3.63) is 90.0 Å². The van der Waals surface area contributed by atoms with E-state index in [9.17, 15) is 9.18 Å². The summed E-state index contributed by atoms with van der Waals surface area (Å²) in [5.41, 5.74) is 2.61. The molecule has 0 bridgehead atoms. The molecule has 8 nitrogen and oxygen atoms in total. The van der Waals surface area contributed by atoms with Gasteiger partial charge in [-0.15, -0.1) is 22.0 Å². The molecule has 186 valence electrons. The number of amides is 1. The number of nitrogens with two attached hydrogens (primary N) is 1. The van der Waals surface area contributed by atoms with Gasteiger partial charge in [0.1, 0.15) is 11.6 Å². The first-order valence-electron chi connectivity index (χ1n) is 11.0. The second kappa shape index (κ2) is 12.3. The molecule has 3 aromatic carbocycles. The third-order valence-corrected chi connectivity index (χ3v) is 7.16. The summed E-state index contributed by atoms with van der Waals surface area (Å²) < 4.78 is 19.7. The number of carbonyl (C=O) groups is 1. The van der Waals surface area contributed by atoms with Crippen LogP contribution in [0.2, 0.25) is 0 Å². The number of nitrogens with zero attached hydrogens (tertiary/aromatic N) is 3. The molecule has 11 heteroatoms. The van der Waals surface area contributed by atoms with Crippen LogP contribution in [0.1, 0.15) is 11.4 Å². The maximum atomic E-state index is 13.1. The van der Waals surface area contributed by atoms with Gasteiger partial charge in [0.05, 0.1) is 25.1 Å². The Morgan fingerprint density at radius 1 is 1.03 bits per heavy atom. The zero-order valence-corrected chi connectivity index (χ0v) is 21.1. The average molecular weight is 525 g/mol. The normalized spacial score (nSPS) is 10.7. The van der Waals surface area contributed by atoms with Crippen molar-refractivity contribution in [2.45, 2.75) is 22.3 Å². The van der Waals surface area contributed by atoms with Crippen molar-refractivity contribution in [2.24, 2.45) is 0 Å². The first-order valence-corrected chi connectivity index (χ1v) is 12.9. The lowest BCUT2D eigenvalue weighted by Crippen LogP contribution is -2.18. The second-order valence-corrected chi connectivity index (χ2v) is 9.56. The highest BCUT2D eigenvalue weighted by molar-refractivity contribution is 7.99. The number of hydrogen-bond donors (Lipinski definition) is 3. The standard InChI is InChI=1S/C25H25FN6O2S2/c1-34-20-12-10-19(11-13-20)28-14-23-30-31-25(32(23)27)36-16-24(33)29-21-4-2-3-5-22(21)35-15-17-6-8-18(26)9-7-17/h2-13,28H,14-16,27H2,1H3,(H,29,33). The fourth-order valence-corrected chi connectivity index (χ4v) is 4.81. The Balaban J connectivity index is 1.28. The van der Waals surface area contributed by atoms with E-state index >= 15 is 0 Å². The van der Waals surface area contributed by atoms with Crippen molar-refractivity contribution in [3.8, 4) is 5.75 Å². The maximum absolute atomic E-state index is 13.1. The zero-order chi connectivity index (χ0) is 25.3. The van der Waals surface area contributed by atoms with Crippen LogP contribution in [0.5, 0.6) is 5.75 Å². The fourth-order valence-electron chi connectivity index (χ4n) is 3.17. The van der Waals surface area contributed by atoms with Gasteiger partial charge in [0.2, 0.25) is 11.1 Å². The summed E-state index contributed by atoms with van der Waals surface area (Å²) in [4.78, 5) is 13.6. The van der Waals surface area contributed by atoms with Gasteiger partial charge in [-0.25, -0.2) is 9.07 Å². The molecule has 0 aliphatic carbocycles. The number of methoxy groups -OCH3 is 1. The Morgan fingerprint density at radius 2 is 1.78 bits per heavy atom. The summed E-state index contributed by atoms with van der Waals surface area (Å²) in [5.74, 6) is 7.78. The molecule has 0 aliphatic rings. The van der Waals surface area contributed by atoms with Gasteiger partial charge in [-0.05, 0) is 54.1 Å². The van der Waals surface area contributed by atoms with E-state index in [4.69, 9.17) is 10.6 Å². The number of nitrogen functional groups attached to an aromatic ring is 1. The molecule has 4 N–H and O–H groups in total. The lowest BCUT2D eigenvalue weighted by molar-refractivity contribution is -0.113. The number of hydrogen-bond acceptors (Lipinski definition) is 8. The van der Waals surface area contributed by atoms with E-state index in [1.54, 1.807) is 31.0 Å². The molecule has 1 aromatic heterocycles. The molecule has 0 atom stereocenters. The predicted octanol–water partition coefficient (Wildman–Crippen LogP) is 4.77. The maximum Gasteiger partial charge on any atom is 0.234 e. The highest BCUT2D eigenvalue weighted by Gasteiger charge is 2.14. The van der Waals surface area contributed by atoms with E-state index < -0.39 is 0 Å². The van der Waals surface area contributed by atoms with Gasteiger partial charge in [0.15, 0.2) is 5.82 Å². The molecular formula is C25H25FN6O2S2. The summed E-state index contributed by atoms with van der Waals surface area (Å²) >= 11 is 2.77. The first kappa shape index (κ1) is 25.4. The zero-order valence-electron chi connectivity index (χ0n) is 19.5. The Labute approximate surface area is 216 Å². The largest absolute Gasteiger partial charge is 0.497 e. The Hall–Kier alpha value is -3.70. The monoisotopic (exact) mass is 524 g/mol. The molecule has 36 heavy (non-hydrogen) atoms. The number of rotatable bonds is 11. The van der Waals surface area contributed by atoms with Gasteiger partial charge in [0.25, 0.3) is 0 Å². The molecule has 0 spiro atoms. The van der Waals surface area contributed by atoms with Crippen LogP contribution in [0.25, 0.3) is 0 Å². The molecule has 4 rings (SSSR count). The number of ether oxygens (including phenoxy) is 1. The number of carbonyl (C=O) groups excluding carboxylic acids is 1. The summed E-state index contributed by atoms with van der Waals surface area (Å²) in [7, 11) is 1.62. The number of benzene rings is 3. The van der Waals surface area contributed by atoms with Gasteiger partial charge in [0, 0.05) is 16.3 Å². The number of para-hydroxylation sites is 1. The number of thioether (sulfide) groups is 2. The molecule has 4 aromatic rings. The molecule has 0 fully saturated rings. The van der Waals surface area contributed by atoms with Gasteiger partial charge in [-0.1, -0.05) is 36.0 Å². The summed E-state index contributed by atoms with van der Waals surface area (Å²) in [6, 6.07) is 21.5. The molecule has 0 unspecified atom stereocenters. The van der Waals surface area contributed by atoms with E-state index in [2.05, 4.69) is 20.8 Å². The molecule has 1 heterocycles. The van der Waals surface area contributed by atoms with Gasteiger partial charge in [-0.3, -0.25) is 4.79 Å². The Morgan fingerprint density at radius 3 is 2.53 bits per heavy atom. The topological polar surface area (TPSA) is 107 Å². The quantitative estimate of drug-likeness (QED) is 0.190. The second-order valence-electron chi connectivity index (χ2n) is 7.60. The van der Waals surface area contributed by atoms with Crippen molar-refractivity contribution in [1.82, 2.24) is 14.9 Å². The Bertz CT molecular complexity index is 1300. The van der Waals surface area contributed by atoms with Crippen LogP contribution in [0.3, 0.4) is 0 Å². The van der Waals surface area contributed by atoms with Crippen LogP contribution >= 0.6 is 23.5 Å². The van der Waals surface area contributed by atoms with Crippen molar-refractivity contribution in [3.63, 3.8) is 0 Å². The highest BCUT2D eigenvalue weighted by Crippen LogP contribution is 2.30. The average Bonchev–Trinajstić information content (AvgIpc) is 3.26. The van der Waals surface area contributed by atoms with Crippen LogP contribution in [0.4, 0.5) is 15.8 Å². The van der Waals surface area contributed by atoms with Crippen molar-refractivity contribution >= 4 is 40.8 Å². The van der Waals surface area contributed by atoms with E-state index in [0.29, 0.717) is 29.0 Å². The third kappa shape index (κ3) is 6.92. The van der Waals surface area contributed by atoms with E-state index in [-0.39, 0.29) is 17.5 Å². The Kier molecular flexibility index (Phi) is 8.69. The van der Waals surface area contributed by atoms with Gasteiger partial charge >= 0.3 is 0 Å². The van der Waals surface area contributed by atoms with Gasteiger partial charge < -0.3 is 21.2 Å². The molecule has 0 aliphatic heterocycles. The smallest absolute Gasteiger partial charge is 0.234 e. The third-order valence-electron chi connectivity index (χ3n) is 5.08. The van der Waals surface area contributed by atoms with Crippen LogP contribution in [-0.4, -0.2) is 33.6 Å². The minimum absolute atomic E-state index is 0.123. The molecule has 0 saturated carbocycles. The summed E-state index contributed by atoms with van der Waals surface area (Å²) in [5, 5.41) is 14.8. The summed E-state index contributed by atoms with van der Waals surface area (Å²) in [6.07, 6.45) is 0. The molecule has 0 radical (unpaired) electrons. The lowest BCUT2D eigenvalue weighted by atomic mass is 10.2. The predicted molar refractivity (Wildman–Crippen MR) is 142 cm³/mol. The van der Waals surface area contributed by atoms with E-state index in [1.807, 2.05) is 48.5 Å². The lowest BCUT2D eigenvalue weighted by Gasteiger charge is -2.11. The van der Waals surface area contributed by atoms with Crippen molar-refractivity contribution in [1.29, 1.82) is 0 Å². The van der Waals surface area contributed by atoms with Crippen LogP contribution in [0, 0.1) is 5.82 Å². The minimum Gasteiger partial charge on any atom is -0.497 e. The van der Waals surface area contributed by atoms with Gasteiger partial charge in [-0.2, -0.15) is 0 Å². The van der Waals surface area contributed by atoms with Crippen molar-refractivity contribution < 1.29 is 13.9 Å². The van der Waals surface area contributed by atoms with Crippen LogP contribution < -0.4 is 21.2 Å². The van der Waals surface area contributed by atoms with Crippen molar-refractivity contribution in [2.75, 3.05) is 29.3 Å². The highest BCUT2D eigenvalue weighted by atomic mass is 32.2. The first-order chi connectivity index (χ1) is 17.5. The van der Waals surface area contributed by atoms with E-state index in [1.165, 1.54) is 28.6 Å². The summed E-state index contributed by atoms with van der Waals surface area (Å²) in [6.45, 7) is 0.376. The van der Waals surface area contributed by atoms with Crippen LogP contribution in [-0.2, 0) is 17.1 Å². The number of aromatic nitrogens is 3. The molecular weight excluding hydrogens is 499 g/mol. The number of halogens is 1. The SMILES string of the molecule is COc1ccc(NCc2nnc(SCC(=O)Nc3ccccc3SCc3ccc(F)cc3)n2N)cc1. The number of nitrogens with one attached hydrogen (secondary N) is 2. The minimum atomic E-state index is -0.261.